The zero-order valence-corrected chi connectivity index (χ0v) is 5.87. The number of nitrogens with one attached hydrogen (secondary N) is 1. The van der Waals surface area contributed by atoms with Crippen molar-refractivity contribution in [1.82, 2.24) is 10.3 Å². The molecule has 0 fully saturated rings. The molecule has 2 N–H and O–H groups in total. The summed E-state index contributed by atoms with van der Waals surface area (Å²) in [4.78, 5) is 10.1. The third-order valence-corrected chi connectivity index (χ3v) is 1.06. The van der Waals surface area contributed by atoms with Crippen LogP contribution in [-0.4, -0.2) is 27.9 Å². The van der Waals surface area contributed by atoms with Crippen LogP contribution in [0, 0.1) is 6.92 Å². The van der Waals surface area contributed by atoms with Gasteiger partial charge in [-0.3, -0.25) is 4.79 Å². The zero-order chi connectivity index (χ0) is 8.27. The summed E-state index contributed by atoms with van der Waals surface area (Å²) >= 11 is 0. The van der Waals surface area contributed by atoms with Crippen molar-refractivity contribution in [3.63, 3.8) is 0 Å². The molecule has 1 aromatic rings. The van der Waals surface area contributed by atoms with Crippen molar-refractivity contribution in [2.75, 3.05) is 11.9 Å². The van der Waals surface area contributed by atoms with Crippen molar-refractivity contribution in [2.24, 2.45) is 0 Å². The second-order valence-corrected chi connectivity index (χ2v) is 1.95. The molecule has 0 saturated carbocycles. The van der Waals surface area contributed by atoms with Gasteiger partial charge in [0, 0.05) is 0 Å². The first-order chi connectivity index (χ1) is 5.20. The molecule has 0 aliphatic heterocycles. The Hall–Kier alpha value is -1.59. The van der Waals surface area contributed by atoms with Crippen LogP contribution >= 0.6 is 0 Å². The maximum Gasteiger partial charge on any atom is 0.322 e. The molecule has 1 rings (SSSR count). The van der Waals surface area contributed by atoms with E-state index < -0.39 is 5.97 Å². The number of carboxylic acids is 1. The molecule has 11 heavy (non-hydrogen) atoms. The first kappa shape index (κ1) is 7.52. The Balaban J connectivity index is 2.51. The SMILES string of the molecule is Cc1nonc1NCC(=O)O. The molecule has 0 atom stereocenters. The van der Waals surface area contributed by atoms with Gasteiger partial charge in [-0.2, -0.15) is 0 Å². The fraction of sp³-hybridized carbons (Fsp3) is 0.400. The number of aliphatic carboxylic acids is 1. The van der Waals surface area contributed by atoms with E-state index in [1.54, 1.807) is 6.92 Å². The van der Waals surface area contributed by atoms with E-state index in [4.69, 9.17) is 5.11 Å². The number of nitrogens with zero attached hydrogens (tertiary/aromatic N) is 2. The molecule has 1 heterocycles. The summed E-state index contributed by atoms with van der Waals surface area (Å²) in [6, 6.07) is 0. The van der Waals surface area contributed by atoms with Gasteiger partial charge in [-0.25, -0.2) is 4.63 Å². The molecule has 0 aliphatic rings. The molecule has 0 unspecified atom stereocenters. The van der Waals surface area contributed by atoms with E-state index in [1.165, 1.54) is 0 Å². The van der Waals surface area contributed by atoms with Crippen molar-refractivity contribution in [3.05, 3.63) is 5.69 Å². The predicted molar refractivity (Wildman–Crippen MR) is 35.2 cm³/mol. The van der Waals surface area contributed by atoms with Crippen LogP contribution < -0.4 is 5.32 Å². The lowest BCUT2D eigenvalue weighted by atomic mass is 10.5. The van der Waals surface area contributed by atoms with Crippen molar-refractivity contribution in [2.45, 2.75) is 6.92 Å². The highest BCUT2D eigenvalue weighted by molar-refractivity contribution is 5.72. The summed E-state index contributed by atoms with van der Waals surface area (Å²) < 4.78 is 4.32. The molecule has 0 bridgehead atoms. The second kappa shape index (κ2) is 3.00. The molecule has 0 spiro atoms. The largest absolute Gasteiger partial charge is 0.480 e. The van der Waals surface area contributed by atoms with E-state index in [0.717, 1.165) is 0 Å². The minimum absolute atomic E-state index is 0.185. The van der Waals surface area contributed by atoms with Crippen LogP contribution in [0.15, 0.2) is 4.63 Å². The van der Waals surface area contributed by atoms with Crippen LogP contribution in [0.5, 0.6) is 0 Å². The summed E-state index contributed by atoms with van der Waals surface area (Å²) in [5.74, 6) is -0.584. The Bertz CT molecular complexity index is 257. The molecule has 0 amide bonds. The average Bonchev–Trinajstić information content (AvgIpc) is 2.31. The number of hydrogen-bond donors (Lipinski definition) is 2. The summed E-state index contributed by atoms with van der Waals surface area (Å²) in [5.41, 5.74) is 0.547. The highest BCUT2D eigenvalue weighted by Crippen LogP contribution is 2.05. The summed E-state index contributed by atoms with van der Waals surface area (Å²) in [6.07, 6.45) is 0. The van der Waals surface area contributed by atoms with Crippen molar-refractivity contribution in [1.29, 1.82) is 0 Å². The Morgan fingerprint density at radius 3 is 2.91 bits per heavy atom. The highest BCUT2D eigenvalue weighted by atomic mass is 16.6. The van der Waals surface area contributed by atoms with E-state index in [9.17, 15) is 4.79 Å². The second-order valence-electron chi connectivity index (χ2n) is 1.95. The molecule has 0 radical (unpaired) electrons. The fourth-order valence-electron chi connectivity index (χ4n) is 0.551. The molecule has 60 valence electrons. The van der Waals surface area contributed by atoms with Gasteiger partial charge in [0.25, 0.3) is 0 Å². The van der Waals surface area contributed by atoms with Gasteiger partial charge in [-0.15, -0.1) is 0 Å². The van der Waals surface area contributed by atoms with Gasteiger partial charge in [-0.05, 0) is 12.1 Å². The Morgan fingerprint density at radius 1 is 1.73 bits per heavy atom. The molecule has 6 nitrogen and oxygen atoms in total. The molecule has 0 aliphatic carbocycles. The first-order valence-electron chi connectivity index (χ1n) is 2.95. The van der Waals surface area contributed by atoms with Crippen LogP contribution in [0.3, 0.4) is 0 Å². The van der Waals surface area contributed by atoms with E-state index in [2.05, 4.69) is 20.3 Å². The lowest BCUT2D eigenvalue weighted by Crippen LogP contribution is -2.12. The van der Waals surface area contributed by atoms with Gasteiger partial charge in [0.05, 0.1) is 0 Å². The first-order valence-corrected chi connectivity index (χ1v) is 2.95. The number of anilines is 1. The number of carbonyl (C=O) groups is 1. The van der Waals surface area contributed by atoms with Crippen LogP contribution in [0.4, 0.5) is 5.82 Å². The van der Waals surface area contributed by atoms with Crippen molar-refractivity contribution >= 4 is 11.8 Å². The minimum Gasteiger partial charge on any atom is -0.480 e. The zero-order valence-electron chi connectivity index (χ0n) is 5.87. The molecular formula is C5H7N3O3. The number of carboxylic acid groups (broad SMARTS) is 1. The fourth-order valence-corrected chi connectivity index (χ4v) is 0.551. The van der Waals surface area contributed by atoms with Crippen molar-refractivity contribution < 1.29 is 14.5 Å². The summed E-state index contributed by atoms with van der Waals surface area (Å²) in [5, 5.41) is 17.7. The quantitative estimate of drug-likeness (QED) is 0.635. The highest BCUT2D eigenvalue weighted by Gasteiger charge is 2.04. The van der Waals surface area contributed by atoms with Crippen LogP contribution in [0.2, 0.25) is 0 Å². The third-order valence-electron chi connectivity index (χ3n) is 1.06. The van der Waals surface area contributed by atoms with E-state index >= 15 is 0 Å². The van der Waals surface area contributed by atoms with Crippen molar-refractivity contribution in [3.8, 4) is 0 Å². The maximum atomic E-state index is 10.1. The summed E-state index contributed by atoms with van der Waals surface area (Å²) in [7, 11) is 0. The topological polar surface area (TPSA) is 88.3 Å². The molecular weight excluding hydrogens is 150 g/mol. The third kappa shape index (κ3) is 1.92. The Kier molecular flexibility index (Phi) is 2.05. The molecule has 0 aromatic carbocycles. The maximum absolute atomic E-state index is 10.1. The number of aryl methyl sites for hydroxylation is 1. The molecule has 6 heteroatoms. The standard InChI is InChI=1S/C5H7N3O3/c1-3-5(8-11-7-3)6-2-4(9)10/h2H2,1H3,(H,6,8)(H,9,10). The number of rotatable bonds is 3. The Labute approximate surface area is 62.2 Å². The van der Waals surface area contributed by atoms with Gasteiger partial charge < -0.3 is 10.4 Å². The van der Waals surface area contributed by atoms with Gasteiger partial charge >= 0.3 is 5.97 Å². The van der Waals surface area contributed by atoms with E-state index in [-0.39, 0.29) is 6.54 Å². The van der Waals surface area contributed by atoms with Gasteiger partial charge in [0.15, 0.2) is 5.82 Å². The lowest BCUT2D eigenvalue weighted by molar-refractivity contribution is -0.134. The minimum atomic E-state index is -0.951. The number of hydrogen-bond acceptors (Lipinski definition) is 5. The normalized spacial score (nSPS) is 9.55. The van der Waals surface area contributed by atoms with Gasteiger partial charge in [0.2, 0.25) is 0 Å². The molecule has 1 aromatic heterocycles. The van der Waals surface area contributed by atoms with Crippen LogP contribution in [-0.2, 0) is 4.79 Å². The lowest BCUT2D eigenvalue weighted by Gasteiger charge is -1.95. The van der Waals surface area contributed by atoms with E-state index in [1.807, 2.05) is 0 Å². The average molecular weight is 157 g/mol. The summed E-state index contributed by atoms with van der Waals surface area (Å²) in [6.45, 7) is 1.48. The van der Waals surface area contributed by atoms with Gasteiger partial charge in [0.1, 0.15) is 12.2 Å². The van der Waals surface area contributed by atoms with Crippen LogP contribution in [0.25, 0.3) is 0 Å². The molecule has 0 saturated heterocycles. The smallest absolute Gasteiger partial charge is 0.322 e. The predicted octanol–water partition coefficient (Wildman–Crippen LogP) is -0.125. The van der Waals surface area contributed by atoms with Crippen LogP contribution in [0.1, 0.15) is 5.69 Å². The van der Waals surface area contributed by atoms with E-state index in [0.29, 0.717) is 11.5 Å². The number of aromatic nitrogens is 2. The van der Waals surface area contributed by atoms with Gasteiger partial charge in [-0.1, -0.05) is 5.16 Å². The monoisotopic (exact) mass is 157 g/mol. The Morgan fingerprint density at radius 2 is 2.45 bits per heavy atom.